The molecule has 0 aliphatic heterocycles. The summed E-state index contributed by atoms with van der Waals surface area (Å²) in [5.41, 5.74) is 1.61. The number of hydrogen-bond donors (Lipinski definition) is 0. The number of hydrogen-bond acceptors (Lipinski definition) is 2. The molecule has 0 saturated heterocycles. The minimum absolute atomic E-state index is 0.216. The van der Waals surface area contributed by atoms with Crippen molar-refractivity contribution >= 4 is 5.97 Å². The second-order valence-corrected chi connectivity index (χ2v) is 6.99. The van der Waals surface area contributed by atoms with Crippen LogP contribution in [0.5, 0.6) is 5.75 Å². The largest absolute Gasteiger partial charge is 0.427 e. The average molecular weight is 310 g/mol. The highest BCUT2D eigenvalue weighted by Crippen LogP contribution is 2.49. The summed E-state index contributed by atoms with van der Waals surface area (Å²) in [7, 11) is 0. The molecule has 1 fully saturated rings. The molecule has 1 aromatic carbocycles. The first-order valence-electron chi connectivity index (χ1n) is 8.76. The van der Waals surface area contributed by atoms with Gasteiger partial charge in [-0.2, -0.15) is 0 Å². The minimum atomic E-state index is -0.265. The highest BCUT2D eigenvalue weighted by Gasteiger charge is 2.42. The van der Waals surface area contributed by atoms with Gasteiger partial charge in [0.05, 0.1) is 0 Å². The number of esters is 1. The van der Waals surface area contributed by atoms with Crippen molar-refractivity contribution in [1.82, 2.24) is 0 Å². The van der Waals surface area contributed by atoms with E-state index in [0.717, 1.165) is 0 Å². The Labute approximate surface area is 139 Å². The fourth-order valence-corrected chi connectivity index (χ4v) is 4.42. The van der Waals surface area contributed by atoms with E-state index in [-0.39, 0.29) is 11.4 Å². The van der Waals surface area contributed by atoms with Crippen LogP contribution in [0.4, 0.5) is 0 Å². The lowest BCUT2D eigenvalue weighted by molar-refractivity contribution is -0.131. The first-order valence-corrected chi connectivity index (χ1v) is 8.76. The number of allylic oxidation sites excluding steroid dienone is 4. The Morgan fingerprint density at radius 2 is 1.70 bits per heavy atom. The smallest absolute Gasteiger partial charge is 0.308 e. The molecule has 0 N–H and O–H groups in total. The van der Waals surface area contributed by atoms with E-state index in [1.54, 1.807) is 0 Å². The van der Waals surface area contributed by atoms with Gasteiger partial charge in [-0.15, -0.1) is 0 Å². The van der Waals surface area contributed by atoms with Crippen LogP contribution < -0.4 is 4.74 Å². The van der Waals surface area contributed by atoms with Gasteiger partial charge < -0.3 is 4.74 Å². The number of carbonyl (C=O) groups excluding carboxylic acids is 1. The summed E-state index contributed by atoms with van der Waals surface area (Å²) in [5.74, 6) is 1.48. The van der Waals surface area contributed by atoms with Crippen LogP contribution >= 0.6 is 0 Å². The fourth-order valence-electron chi connectivity index (χ4n) is 4.42. The van der Waals surface area contributed by atoms with Gasteiger partial charge in [0, 0.05) is 12.3 Å². The van der Waals surface area contributed by atoms with E-state index in [1.165, 1.54) is 44.6 Å². The Kier molecular flexibility index (Phi) is 4.70. The van der Waals surface area contributed by atoms with Gasteiger partial charge in [-0.05, 0) is 42.4 Å². The van der Waals surface area contributed by atoms with Crippen LogP contribution in [0.15, 0.2) is 48.6 Å². The maximum absolute atomic E-state index is 11.1. The van der Waals surface area contributed by atoms with E-state index < -0.39 is 0 Å². The fraction of sp³-hybridized carbons (Fsp3) is 0.476. The second-order valence-electron chi connectivity index (χ2n) is 6.99. The average Bonchev–Trinajstić information content (AvgIpc) is 2.56. The van der Waals surface area contributed by atoms with Crippen molar-refractivity contribution in [2.45, 2.75) is 51.4 Å². The van der Waals surface area contributed by atoms with Crippen molar-refractivity contribution in [3.05, 3.63) is 54.1 Å². The molecule has 3 rings (SSSR count). The zero-order valence-electron chi connectivity index (χ0n) is 14.1. The molecule has 23 heavy (non-hydrogen) atoms. The van der Waals surface area contributed by atoms with Crippen LogP contribution in [0.2, 0.25) is 0 Å². The Balaban J connectivity index is 1.94. The first-order chi connectivity index (χ1) is 11.1. The van der Waals surface area contributed by atoms with Gasteiger partial charge in [0.2, 0.25) is 0 Å². The minimum Gasteiger partial charge on any atom is -0.427 e. The molecule has 2 unspecified atom stereocenters. The number of rotatable bonds is 3. The second kappa shape index (κ2) is 6.74. The molecule has 122 valence electrons. The van der Waals surface area contributed by atoms with Crippen molar-refractivity contribution in [1.29, 1.82) is 0 Å². The Morgan fingerprint density at radius 3 is 2.30 bits per heavy atom. The molecule has 0 radical (unpaired) electrons. The highest BCUT2D eigenvalue weighted by atomic mass is 16.5. The van der Waals surface area contributed by atoms with Gasteiger partial charge in [-0.25, -0.2) is 0 Å². The lowest BCUT2D eigenvalue weighted by atomic mass is 9.58. The maximum Gasteiger partial charge on any atom is 0.308 e. The lowest BCUT2D eigenvalue weighted by Gasteiger charge is -2.46. The molecular formula is C21H26O2. The summed E-state index contributed by atoms with van der Waals surface area (Å²) in [5, 5.41) is 0. The standard InChI is InChI=1S/C21H26O2/c1-16-8-4-5-9-20(16)21(14-6-3-7-15-21)18-10-12-19(13-11-18)23-17(2)22/h4-5,8-13,16,20H,3,6-7,14-15H2,1-2H3. The number of benzene rings is 1. The Bertz CT molecular complexity index is 603. The monoisotopic (exact) mass is 310 g/mol. The summed E-state index contributed by atoms with van der Waals surface area (Å²) in [6.45, 7) is 3.77. The number of carbonyl (C=O) groups is 1. The molecule has 0 aromatic heterocycles. The quantitative estimate of drug-likeness (QED) is 0.567. The molecule has 2 nitrogen and oxygen atoms in total. The van der Waals surface area contributed by atoms with Crippen LogP contribution in [0.25, 0.3) is 0 Å². The van der Waals surface area contributed by atoms with Crippen LogP contribution in [-0.4, -0.2) is 5.97 Å². The molecule has 2 heteroatoms. The zero-order chi connectivity index (χ0) is 16.3. The molecule has 2 atom stereocenters. The molecule has 0 spiro atoms. The highest BCUT2D eigenvalue weighted by molar-refractivity contribution is 5.69. The zero-order valence-corrected chi connectivity index (χ0v) is 14.1. The molecule has 1 aromatic rings. The van der Waals surface area contributed by atoms with Gasteiger partial charge in [-0.1, -0.05) is 62.6 Å². The summed E-state index contributed by atoms with van der Waals surface area (Å²) in [4.78, 5) is 11.1. The van der Waals surface area contributed by atoms with E-state index in [2.05, 4.69) is 43.4 Å². The third kappa shape index (κ3) is 3.26. The van der Waals surface area contributed by atoms with E-state index >= 15 is 0 Å². The number of ether oxygens (including phenoxy) is 1. The predicted octanol–water partition coefficient (Wildman–Crippen LogP) is 5.19. The van der Waals surface area contributed by atoms with Crippen LogP contribution in [0.1, 0.15) is 51.5 Å². The van der Waals surface area contributed by atoms with Crippen molar-refractivity contribution in [2.24, 2.45) is 11.8 Å². The topological polar surface area (TPSA) is 26.3 Å². The predicted molar refractivity (Wildman–Crippen MR) is 93.4 cm³/mol. The molecule has 2 aliphatic rings. The lowest BCUT2D eigenvalue weighted by Crippen LogP contribution is -2.39. The first kappa shape index (κ1) is 16.0. The summed E-state index contributed by atoms with van der Waals surface area (Å²) < 4.78 is 5.19. The van der Waals surface area contributed by atoms with E-state index in [0.29, 0.717) is 17.6 Å². The van der Waals surface area contributed by atoms with Gasteiger partial charge in [0.25, 0.3) is 0 Å². The molecular weight excluding hydrogens is 284 g/mol. The van der Waals surface area contributed by atoms with Crippen molar-refractivity contribution < 1.29 is 9.53 Å². The SMILES string of the molecule is CC(=O)Oc1ccc(C2(C3C=CC=CC3C)CCCCC2)cc1. The molecule has 2 aliphatic carbocycles. The van der Waals surface area contributed by atoms with Crippen LogP contribution in [0, 0.1) is 11.8 Å². The van der Waals surface area contributed by atoms with Crippen molar-refractivity contribution in [3.63, 3.8) is 0 Å². The molecule has 0 bridgehead atoms. The van der Waals surface area contributed by atoms with Gasteiger partial charge >= 0.3 is 5.97 Å². The van der Waals surface area contributed by atoms with Gasteiger partial charge in [0.15, 0.2) is 0 Å². The van der Waals surface area contributed by atoms with E-state index in [9.17, 15) is 4.79 Å². The third-order valence-electron chi connectivity index (χ3n) is 5.49. The third-order valence-corrected chi connectivity index (χ3v) is 5.49. The van der Waals surface area contributed by atoms with E-state index in [1.807, 2.05) is 12.1 Å². The van der Waals surface area contributed by atoms with Crippen molar-refractivity contribution in [3.8, 4) is 5.75 Å². The summed E-state index contributed by atoms with van der Waals surface area (Å²) >= 11 is 0. The van der Waals surface area contributed by atoms with Crippen LogP contribution in [0.3, 0.4) is 0 Å². The maximum atomic E-state index is 11.1. The van der Waals surface area contributed by atoms with E-state index in [4.69, 9.17) is 4.74 Å². The summed E-state index contributed by atoms with van der Waals surface area (Å²) in [6, 6.07) is 8.23. The van der Waals surface area contributed by atoms with Crippen LogP contribution in [-0.2, 0) is 10.2 Å². The van der Waals surface area contributed by atoms with Gasteiger partial charge in [0.1, 0.15) is 5.75 Å². The Morgan fingerprint density at radius 1 is 1.04 bits per heavy atom. The summed E-state index contributed by atoms with van der Waals surface area (Å²) in [6.07, 6.45) is 15.5. The molecule has 0 heterocycles. The Hall–Kier alpha value is -1.83. The molecule has 0 amide bonds. The van der Waals surface area contributed by atoms with Crippen molar-refractivity contribution in [2.75, 3.05) is 0 Å². The normalized spacial score (nSPS) is 26.0. The molecule has 1 saturated carbocycles. The van der Waals surface area contributed by atoms with Gasteiger partial charge in [-0.3, -0.25) is 4.79 Å².